The second-order valence-electron chi connectivity index (χ2n) is 6.64. The highest BCUT2D eigenvalue weighted by molar-refractivity contribution is 7.08. The number of pyridine rings is 1. The minimum absolute atomic E-state index is 0.0461. The molecule has 3 heterocycles. The van der Waals surface area contributed by atoms with Gasteiger partial charge in [-0.25, -0.2) is 14.4 Å². The first-order valence-corrected chi connectivity index (χ1v) is 10.5. The van der Waals surface area contributed by atoms with E-state index in [-0.39, 0.29) is 5.02 Å². The molecule has 0 unspecified atom stereocenters. The van der Waals surface area contributed by atoms with Crippen molar-refractivity contribution in [2.45, 2.75) is 0 Å². The standard InChI is InChI=1S/C23H14ClFN4S/c24-19-11-17(4-5-20(19)25)27-23-18-10-14(16-7-9-30-13-16)3-6-21(18)28-22(29-23)15-2-1-8-26-12-15/h1-13H,(H,27,28,29). The van der Waals surface area contributed by atoms with E-state index < -0.39 is 5.82 Å². The maximum atomic E-state index is 13.6. The predicted molar refractivity (Wildman–Crippen MR) is 121 cm³/mol. The maximum Gasteiger partial charge on any atom is 0.163 e. The molecule has 5 aromatic rings. The lowest BCUT2D eigenvalue weighted by molar-refractivity contribution is 0.628. The number of fused-ring (bicyclic) bond motifs is 1. The topological polar surface area (TPSA) is 50.7 Å². The van der Waals surface area contributed by atoms with Gasteiger partial charge in [-0.05, 0) is 70.4 Å². The van der Waals surface area contributed by atoms with Gasteiger partial charge in [-0.2, -0.15) is 11.3 Å². The van der Waals surface area contributed by atoms with Crippen LogP contribution in [0.25, 0.3) is 33.4 Å². The molecule has 0 aliphatic heterocycles. The van der Waals surface area contributed by atoms with Gasteiger partial charge in [0, 0.05) is 29.0 Å². The second-order valence-corrected chi connectivity index (χ2v) is 7.82. The monoisotopic (exact) mass is 432 g/mol. The molecule has 0 spiro atoms. The molecule has 7 heteroatoms. The molecule has 1 N–H and O–H groups in total. The summed E-state index contributed by atoms with van der Waals surface area (Å²) in [5.41, 5.74) is 4.44. The SMILES string of the molecule is Fc1ccc(Nc2nc(-c3cccnc3)nc3ccc(-c4ccsc4)cc23)cc1Cl. The van der Waals surface area contributed by atoms with Crippen molar-refractivity contribution in [2.75, 3.05) is 5.32 Å². The van der Waals surface area contributed by atoms with Crippen LogP contribution in [0.2, 0.25) is 5.02 Å². The molecule has 5 rings (SSSR count). The van der Waals surface area contributed by atoms with Crippen molar-refractivity contribution < 1.29 is 4.39 Å². The third-order valence-corrected chi connectivity index (χ3v) is 5.63. The highest BCUT2D eigenvalue weighted by atomic mass is 35.5. The van der Waals surface area contributed by atoms with Gasteiger partial charge in [0.05, 0.1) is 10.5 Å². The fourth-order valence-corrected chi connectivity index (χ4v) is 4.01. The van der Waals surface area contributed by atoms with Gasteiger partial charge in [-0.1, -0.05) is 17.7 Å². The maximum absolute atomic E-state index is 13.6. The van der Waals surface area contributed by atoms with E-state index in [1.165, 1.54) is 12.1 Å². The van der Waals surface area contributed by atoms with Crippen molar-refractivity contribution in [3.05, 3.63) is 88.6 Å². The van der Waals surface area contributed by atoms with Crippen LogP contribution in [-0.4, -0.2) is 15.0 Å². The van der Waals surface area contributed by atoms with E-state index in [0.29, 0.717) is 17.3 Å². The minimum Gasteiger partial charge on any atom is -0.340 e. The largest absolute Gasteiger partial charge is 0.340 e. The molecule has 2 aromatic carbocycles. The van der Waals surface area contributed by atoms with Crippen LogP contribution in [0.5, 0.6) is 0 Å². The van der Waals surface area contributed by atoms with Crippen molar-refractivity contribution in [1.29, 1.82) is 0 Å². The minimum atomic E-state index is -0.467. The highest BCUT2D eigenvalue weighted by Crippen LogP contribution is 2.32. The summed E-state index contributed by atoms with van der Waals surface area (Å²) < 4.78 is 13.6. The Kier molecular flexibility index (Phi) is 4.86. The number of nitrogens with one attached hydrogen (secondary N) is 1. The van der Waals surface area contributed by atoms with Gasteiger partial charge in [0.25, 0.3) is 0 Å². The summed E-state index contributed by atoms with van der Waals surface area (Å²) in [5.74, 6) is 0.693. The van der Waals surface area contributed by atoms with Crippen LogP contribution in [0.3, 0.4) is 0 Å². The number of halogens is 2. The average molecular weight is 433 g/mol. The van der Waals surface area contributed by atoms with E-state index in [0.717, 1.165) is 27.6 Å². The molecule has 146 valence electrons. The second kappa shape index (κ2) is 7.82. The molecule has 0 saturated carbocycles. The summed E-state index contributed by atoms with van der Waals surface area (Å²) in [6, 6.07) is 16.4. The first-order valence-electron chi connectivity index (χ1n) is 9.14. The summed E-state index contributed by atoms with van der Waals surface area (Å²) in [4.78, 5) is 13.6. The molecule has 0 atom stereocenters. The molecule has 0 amide bonds. The van der Waals surface area contributed by atoms with E-state index in [1.807, 2.05) is 29.6 Å². The van der Waals surface area contributed by atoms with E-state index in [2.05, 4.69) is 27.8 Å². The predicted octanol–water partition coefficient (Wildman–Crippen LogP) is 6.96. The van der Waals surface area contributed by atoms with Crippen molar-refractivity contribution in [3.8, 4) is 22.5 Å². The molecule has 0 aliphatic rings. The van der Waals surface area contributed by atoms with Gasteiger partial charge < -0.3 is 5.32 Å². The lowest BCUT2D eigenvalue weighted by Gasteiger charge is -2.12. The molecule has 0 radical (unpaired) electrons. The van der Waals surface area contributed by atoms with Crippen LogP contribution in [-0.2, 0) is 0 Å². The van der Waals surface area contributed by atoms with Crippen LogP contribution in [0.15, 0.2) is 77.8 Å². The van der Waals surface area contributed by atoms with Gasteiger partial charge in [0.15, 0.2) is 5.82 Å². The highest BCUT2D eigenvalue weighted by Gasteiger charge is 2.12. The Morgan fingerprint density at radius 1 is 0.933 bits per heavy atom. The molecule has 0 saturated heterocycles. The molecule has 4 nitrogen and oxygen atoms in total. The van der Waals surface area contributed by atoms with Gasteiger partial charge in [0.1, 0.15) is 11.6 Å². The van der Waals surface area contributed by atoms with Gasteiger partial charge in [-0.3, -0.25) is 4.98 Å². The smallest absolute Gasteiger partial charge is 0.163 e. The fraction of sp³-hybridized carbons (Fsp3) is 0. The third kappa shape index (κ3) is 3.63. The summed E-state index contributed by atoms with van der Waals surface area (Å²) in [6.07, 6.45) is 3.43. The van der Waals surface area contributed by atoms with E-state index in [1.54, 1.807) is 29.8 Å². The number of rotatable bonds is 4. The normalized spacial score (nSPS) is 11.0. The molecule has 0 bridgehead atoms. The summed E-state index contributed by atoms with van der Waals surface area (Å²) in [6.45, 7) is 0. The van der Waals surface area contributed by atoms with Crippen LogP contribution < -0.4 is 5.32 Å². The molecule has 0 aliphatic carbocycles. The lowest BCUT2D eigenvalue weighted by atomic mass is 10.1. The molecule has 0 fully saturated rings. The Hall–Kier alpha value is -3.35. The summed E-state index contributed by atoms with van der Waals surface area (Å²) in [5, 5.41) is 8.32. The van der Waals surface area contributed by atoms with Crippen molar-refractivity contribution >= 4 is 45.3 Å². The van der Waals surface area contributed by atoms with Crippen LogP contribution in [0.1, 0.15) is 0 Å². The van der Waals surface area contributed by atoms with Gasteiger partial charge in [-0.15, -0.1) is 0 Å². The van der Waals surface area contributed by atoms with E-state index in [9.17, 15) is 4.39 Å². The Morgan fingerprint density at radius 3 is 2.63 bits per heavy atom. The number of hydrogen-bond acceptors (Lipinski definition) is 5. The quantitative estimate of drug-likeness (QED) is 0.333. The molecular weight excluding hydrogens is 419 g/mol. The summed E-state index contributed by atoms with van der Waals surface area (Å²) in [7, 11) is 0. The molecule has 30 heavy (non-hydrogen) atoms. The number of anilines is 2. The fourth-order valence-electron chi connectivity index (χ4n) is 3.17. The van der Waals surface area contributed by atoms with E-state index >= 15 is 0 Å². The Labute approximate surface area is 181 Å². The van der Waals surface area contributed by atoms with Crippen LogP contribution in [0.4, 0.5) is 15.9 Å². The zero-order valence-electron chi connectivity index (χ0n) is 15.5. The number of benzene rings is 2. The van der Waals surface area contributed by atoms with Crippen molar-refractivity contribution in [1.82, 2.24) is 15.0 Å². The zero-order chi connectivity index (χ0) is 20.5. The van der Waals surface area contributed by atoms with Crippen molar-refractivity contribution in [3.63, 3.8) is 0 Å². The van der Waals surface area contributed by atoms with Crippen molar-refractivity contribution in [2.24, 2.45) is 0 Å². The molecular formula is C23H14ClFN4S. The zero-order valence-corrected chi connectivity index (χ0v) is 17.1. The number of nitrogens with zero attached hydrogens (tertiary/aromatic N) is 3. The summed E-state index contributed by atoms with van der Waals surface area (Å²) >= 11 is 7.61. The van der Waals surface area contributed by atoms with Crippen LogP contribution >= 0.6 is 22.9 Å². The first-order chi connectivity index (χ1) is 14.7. The number of aromatic nitrogens is 3. The van der Waals surface area contributed by atoms with Gasteiger partial charge in [0.2, 0.25) is 0 Å². The van der Waals surface area contributed by atoms with Crippen LogP contribution in [0, 0.1) is 5.82 Å². The third-order valence-electron chi connectivity index (χ3n) is 4.65. The van der Waals surface area contributed by atoms with E-state index in [4.69, 9.17) is 21.6 Å². The Bertz CT molecular complexity index is 1340. The average Bonchev–Trinajstić information content (AvgIpc) is 3.31. The Balaban J connectivity index is 1.68. The number of thiophene rings is 1. The number of hydrogen-bond donors (Lipinski definition) is 1. The lowest BCUT2D eigenvalue weighted by Crippen LogP contribution is -2.00. The van der Waals surface area contributed by atoms with Gasteiger partial charge >= 0.3 is 0 Å². The molecule has 3 aromatic heterocycles. The Morgan fingerprint density at radius 2 is 1.87 bits per heavy atom. The first kappa shape index (κ1) is 18.7.